The van der Waals surface area contributed by atoms with Gasteiger partial charge in [0.1, 0.15) is 5.75 Å². The van der Waals surface area contributed by atoms with Crippen molar-refractivity contribution in [3.05, 3.63) is 28.2 Å². The van der Waals surface area contributed by atoms with Gasteiger partial charge in [0.05, 0.1) is 23.7 Å². The molecule has 0 saturated carbocycles. The van der Waals surface area contributed by atoms with Crippen molar-refractivity contribution in [2.75, 3.05) is 7.11 Å². The van der Waals surface area contributed by atoms with Gasteiger partial charge in [0.25, 0.3) is 0 Å². The van der Waals surface area contributed by atoms with Crippen LogP contribution in [0.1, 0.15) is 32.4 Å². The zero-order chi connectivity index (χ0) is 14.6. The number of methoxy groups -OCH3 is 1. The van der Waals surface area contributed by atoms with Crippen molar-refractivity contribution in [2.45, 2.75) is 32.9 Å². The van der Waals surface area contributed by atoms with Crippen LogP contribution in [0.3, 0.4) is 0 Å². The fourth-order valence-corrected chi connectivity index (χ4v) is 2.21. The molecule has 0 aliphatic heterocycles. The van der Waals surface area contributed by atoms with Crippen LogP contribution in [-0.2, 0) is 4.79 Å². The molecule has 0 saturated heterocycles. The molecule has 1 unspecified atom stereocenters. The molecule has 0 radical (unpaired) electrons. The maximum absolute atomic E-state index is 11.9. The van der Waals surface area contributed by atoms with Gasteiger partial charge in [0.15, 0.2) is 0 Å². The summed E-state index contributed by atoms with van der Waals surface area (Å²) in [6.45, 7) is 5.79. The summed E-state index contributed by atoms with van der Waals surface area (Å²) >= 11 is 3.43. The van der Waals surface area contributed by atoms with E-state index in [0.29, 0.717) is 0 Å². The quantitative estimate of drug-likeness (QED) is 0.873. The molecule has 0 aliphatic carbocycles. The monoisotopic (exact) mass is 328 g/mol. The summed E-state index contributed by atoms with van der Waals surface area (Å²) in [6, 6.07) is 5.15. The van der Waals surface area contributed by atoms with Crippen molar-refractivity contribution in [3.8, 4) is 5.75 Å². The van der Waals surface area contributed by atoms with E-state index >= 15 is 0 Å². The molecule has 2 atom stereocenters. The van der Waals surface area contributed by atoms with Crippen LogP contribution < -0.4 is 15.8 Å². The molecule has 3 N–H and O–H groups in total. The van der Waals surface area contributed by atoms with E-state index in [1.165, 1.54) is 0 Å². The van der Waals surface area contributed by atoms with Gasteiger partial charge in [-0.15, -0.1) is 0 Å². The van der Waals surface area contributed by atoms with E-state index in [2.05, 4.69) is 21.2 Å². The molecule has 0 heterocycles. The first-order valence-corrected chi connectivity index (χ1v) is 7.05. The number of amides is 1. The van der Waals surface area contributed by atoms with Crippen LogP contribution in [0.5, 0.6) is 5.75 Å². The second-order valence-electron chi connectivity index (χ2n) is 4.89. The minimum absolute atomic E-state index is 0.0977. The van der Waals surface area contributed by atoms with Crippen LogP contribution in [0.15, 0.2) is 22.7 Å². The number of halogens is 1. The molecule has 1 aromatic carbocycles. The van der Waals surface area contributed by atoms with Crippen molar-refractivity contribution in [1.82, 2.24) is 5.32 Å². The topological polar surface area (TPSA) is 64.3 Å². The number of rotatable bonds is 5. The fraction of sp³-hybridized carbons (Fsp3) is 0.500. The molecular weight excluding hydrogens is 308 g/mol. The second-order valence-corrected chi connectivity index (χ2v) is 5.75. The van der Waals surface area contributed by atoms with Crippen LogP contribution >= 0.6 is 15.9 Å². The Morgan fingerprint density at radius 2 is 2.00 bits per heavy atom. The number of hydrogen-bond acceptors (Lipinski definition) is 3. The average molecular weight is 329 g/mol. The van der Waals surface area contributed by atoms with Gasteiger partial charge < -0.3 is 15.8 Å². The number of carbonyl (C=O) groups excluding carboxylic acids is 1. The third-order valence-electron chi connectivity index (χ3n) is 3.06. The van der Waals surface area contributed by atoms with Gasteiger partial charge in [-0.1, -0.05) is 19.9 Å². The molecule has 19 heavy (non-hydrogen) atoms. The standard InChI is InChI=1S/C14H21BrN2O2/c1-8(2)13(16)14(18)17-9(3)10-5-6-12(19-4)11(15)7-10/h5-9,13H,16H2,1-4H3,(H,17,18)/t9?,13-/m1/s1. The number of nitrogens with one attached hydrogen (secondary N) is 1. The predicted octanol–water partition coefficient (Wildman–Crippen LogP) is 2.62. The summed E-state index contributed by atoms with van der Waals surface area (Å²) in [6.07, 6.45) is 0. The number of carbonyl (C=O) groups is 1. The van der Waals surface area contributed by atoms with Crippen molar-refractivity contribution < 1.29 is 9.53 Å². The third kappa shape index (κ3) is 4.21. The first kappa shape index (κ1) is 16.0. The largest absolute Gasteiger partial charge is 0.496 e. The second kappa shape index (κ2) is 6.91. The van der Waals surface area contributed by atoms with Gasteiger partial charge in [-0.25, -0.2) is 0 Å². The van der Waals surface area contributed by atoms with Crippen LogP contribution in [0, 0.1) is 5.92 Å². The minimum atomic E-state index is -0.482. The van der Waals surface area contributed by atoms with Crippen LogP contribution in [0.4, 0.5) is 0 Å². The van der Waals surface area contributed by atoms with E-state index in [0.717, 1.165) is 15.8 Å². The molecule has 0 fully saturated rings. The Bertz CT molecular complexity index is 449. The number of benzene rings is 1. The normalized spacial score (nSPS) is 14.1. The Hall–Kier alpha value is -1.07. The number of nitrogens with two attached hydrogens (primary N) is 1. The molecule has 5 heteroatoms. The fourth-order valence-electron chi connectivity index (χ4n) is 1.65. The van der Waals surface area contributed by atoms with E-state index in [9.17, 15) is 4.79 Å². The summed E-state index contributed by atoms with van der Waals surface area (Å²) in [5.41, 5.74) is 6.82. The van der Waals surface area contributed by atoms with Crippen molar-refractivity contribution >= 4 is 21.8 Å². The molecule has 1 rings (SSSR count). The van der Waals surface area contributed by atoms with Gasteiger partial charge in [-0.3, -0.25) is 4.79 Å². The average Bonchev–Trinajstić information content (AvgIpc) is 2.37. The van der Waals surface area contributed by atoms with Gasteiger partial charge in [-0.05, 0) is 46.5 Å². The molecule has 106 valence electrons. The Balaban J connectivity index is 2.76. The van der Waals surface area contributed by atoms with Gasteiger partial charge >= 0.3 is 0 Å². The van der Waals surface area contributed by atoms with Crippen molar-refractivity contribution in [2.24, 2.45) is 11.7 Å². The van der Waals surface area contributed by atoms with Crippen molar-refractivity contribution in [1.29, 1.82) is 0 Å². The maximum Gasteiger partial charge on any atom is 0.237 e. The molecule has 4 nitrogen and oxygen atoms in total. The summed E-state index contributed by atoms with van der Waals surface area (Å²) < 4.78 is 6.04. The Labute approximate surface area is 122 Å². The highest BCUT2D eigenvalue weighted by atomic mass is 79.9. The lowest BCUT2D eigenvalue weighted by Gasteiger charge is -2.20. The van der Waals surface area contributed by atoms with E-state index in [-0.39, 0.29) is 17.9 Å². The molecule has 0 aliphatic rings. The zero-order valence-corrected chi connectivity index (χ0v) is 13.3. The van der Waals surface area contributed by atoms with E-state index in [4.69, 9.17) is 10.5 Å². The highest BCUT2D eigenvalue weighted by Gasteiger charge is 2.19. The summed E-state index contributed by atoms with van der Waals surface area (Å²) in [5, 5.41) is 2.92. The Morgan fingerprint density at radius 1 is 1.37 bits per heavy atom. The van der Waals surface area contributed by atoms with Gasteiger partial charge in [0, 0.05) is 0 Å². The molecule has 0 bridgehead atoms. The SMILES string of the molecule is COc1ccc(C(C)NC(=O)[C@H](N)C(C)C)cc1Br. The van der Waals surface area contributed by atoms with Gasteiger partial charge in [0.2, 0.25) is 5.91 Å². The number of hydrogen-bond donors (Lipinski definition) is 2. The summed E-state index contributed by atoms with van der Waals surface area (Å²) in [4.78, 5) is 11.9. The lowest BCUT2D eigenvalue weighted by Crippen LogP contribution is -2.44. The predicted molar refractivity (Wildman–Crippen MR) is 80.1 cm³/mol. The van der Waals surface area contributed by atoms with Crippen LogP contribution in [-0.4, -0.2) is 19.1 Å². The van der Waals surface area contributed by atoms with Crippen molar-refractivity contribution in [3.63, 3.8) is 0 Å². The highest BCUT2D eigenvalue weighted by Crippen LogP contribution is 2.27. The Kier molecular flexibility index (Phi) is 5.82. The molecule has 1 aromatic rings. The molecule has 0 spiro atoms. The molecule has 0 aromatic heterocycles. The lowest BCUT2D eigenvalue weighted by atomic mass is 10.0. The minimum Gasteiger partial charge on any atom is -0.496 e. The third-order valence-corrected chi connectivity index (χ3v) is 3.68. The number of ether oxygens (including phenoxy) is 1. The first-order valence-electron chi connectivity index (χ1n) is 6.26. The summed E-state index contributed by atoms with van der Waals surface area (Å²) in [7, 11) is 1.62. The van der Waals surface area contributed by atoms with Crippen LogP contribution in [0.25, 0.3) is 0 Å². The lowest BCUT2D eigenvalue weighted by molar-refractivity contribution is -0.123. The highest BCUT2D eigenvalue weighted by molar-refractivity contribution is 9.10. The smallest absolute Gasteiger partial charge is 0.237 e. The first-order chi connectivity index (χ1) is 8.86. The van der Waals surface area contributed by atoms with Gasteiger partial charge in [-0.2, -0.15) is 0 Å². The molecule has 1 amide bonds. The zero-order valence-electron chi connectivity index (χ0n) is 11.7. The van der Waals surface area contributed by atoms with E-state index in [1.807, 2.05) is 39.0 Å². The molecular formula is C14H21BrN2O2. The Morgan fingerprint density at radius 3 is 2.47 bits per heavy atom. The van der Waals surface area contributed by atoms with Crippen LogP contribution in [0.2, 0.25) is 0 Å². The summed E-state index contributed by atoms with van der Waals surface area (Å²) in [5.74, 6) is 0.755. The maximum atomic E-state index is 11.9. The van der Waals surface area contributed by atoms with E-state index in [1.54, 1.807) is 7.11 Å². The van der Waals surface area contributed by atoms with E-state index < -0.39 is 6.04 Å².